The molecular weight excluding hydrogens is 258 g/mol. The Kier molecular flexibility index (Phi) is 4.90. The van der Waals surface area contributed by atoms with Gasteiger partial charge < -0.3 is 0 Å². The van der Waals surface area contributed by atoms with Crippen LogP contribution in [0.4, 0.5) is 0 Å². The molecule has 0 N–H and O–H groups in total. The Morgan fingerprint density at radius 2 is 2.00 bits per heavy atom. The second-order valence-electron chi connectivity index (χ2n) is 4.70. The minimum atomic E-state index is 0.344. The number of rotatable bonds is 6. The Balaban J connectivity index is 2.05. The molecule has 0 saturated carbocycles. The first-order chi connectivity index (χ1) is 9.20. The molecule has 0 atom stereocenters. The van der Waals surface area contributed by atoms with Crippen molar-refractivity contribution in [2.75, 3.05) is 12.0 Å². The summed E-state index contributed by atoms with van der Waals surface area (Å²) in [4.78, 5) is 8.70. The molecule has 0 saturated heterocycles. The minimum absolute atomic E-state index is 0.344. The van der Waals surface area contributed by atoms with E-state index in [0.29, 0.717) is 5.92 Å². The molecule has 0 aliphatic heterocycles. The zero-order valence-electron chi connectivity index (χ0n) is 11.6. The van der Waals surface area contributed by atoms with Crippen molar-refractivity contribution in [3.63, 3.8) is 0 Å². The van der Waals surface area contributed by atoms with Crippen molar-refractivity contribution >= 4 is 11.8 Å². The summed E-state index contributed by atoms with van der Waals surface area (Å²) in [7, 11) is 0. The van der Waals surface area contributed by atoms with Crippen LogP contribution in [0.15, 0.2) is 18.6 Å². The number of aromatic nitrogens is 5. The lowest BCUT2D eigenvalue weighted by Gasteiger charge is -2.02. The molecule has 2 rings (SSSR count). The summed E-state index contributed by atoms with van der Waals surface area (Å²) in [6.07, 6.45) is 8.80. The summed E-state index contributed by atoms with van der Waals surface area (Å²) in [5, 5.41) is 8.29. The van der Waals surface area contributed by atoms with E-state index in [1.165, 1.54) is 0 Å². The predicted molar refractivity (Wildman–Crippen MR) is 78.1 cm³/mol. The molecule has 0 bridgehead atoms. The summed E-state index contributed by atoms with van der Waals surface area (Å²) in [6.45, 7) is 5.06. The van der Waals surface area contributed by atoms with Gasteiger partial charge in [-0.1, -0.05) is 19.1 Å². The van der Waals surface area contributed by atoms with Gasteiger partial charge in [0.25, 0.3) is 0 Å². The van der Waals surface area contributed by atoms with Crippen molar-refractivity contribution in [1.29, 1.82) is 0 Å². The normalized spacial score (nSPS) is 11.2. The highest BCUT2D eigenvalue weighted by atomic mass is 32.2. The molecule has 6 heteroatoms. The highest BCUT2D eigenvalue weighted by Crippen LogP contribution is 2.16. The maximum Gasteiger partial charge on any atom is 0.130 e. The van der Waals surface area contributed by atoms with Gasteiger partial charge in [-0.3, -0.25) is 4.68 Å². The van der Waals surface area contributed by atoms with Crippen LogP contribution in [0.2, 0.25) is 0 Å². The molecule has 0 aliphatic carbocycles. The summed E-state index contributed by atoms with van der Waals surface area (Å²) in [5.41, 5.74) is 1.75. The molecular formula is C13H19N5S. The van der Waals surface area contributed by atoms with E-state index in [-0.39, 0.29) is 0 Å². The lowest BCUT2D eigenvalue weighted by molar-refractivity contribution is 0.582. The Bertz CT molecular complexity index is 506. The second kappa shape index (κ2) is 6.65. The van der Waals surface area contributed by atoms with Gasteiger partial charge in [0, 0.05) is 30.4 Å². The second-order valence-corrected chi connectivity index (χ2v) is 5.68. The first-order valence-corrected chi connectivity index (χ1v) is 7.81. The van der Waals surface area contributed by atoms with Gasteiger partial charge >= 0.3 is 0 Å². The topological polar surface area (TPSA) is 56.5 Å². The van der Waals surface area contributed by atoms with E-state index in [1.807, 2.05) is 35.0 Å². The molecule has 0 fully saturated rings. The monoisotopic (exact) mass is 277 g/mol. The van der Waals surface area contributed by atoms with Gasteiger partial charge in [-0.2, -0.15) is 11.8 Å². The van der Waals surface area contributed by atoms with Crippen LogP contribution in [0.25, 0.3) is 11.3 Å². The number of hydrogen-bond donors (Lipinski definition) is 0. The van der Waals surface area contributed by atoms with E-state index >= 15 is 0 Å². The van der Waals surface area contributed by atoms with Crippen LogP contribution in [-0.2, 0) is 6.54 Å². The van der Waals surface area contributed by atoms with Gasteiger partial charge in [0.05, 0.1) is 6.20 Å². The van der Waals surface area contributed by atoms with Gasteiger partial charge in [0.1, 0.15) is 11.5 Å². The van der Waals surface area contributed by atoms with Crippen LogP contribution in [0.3, 0.4) is 0 Å². The molecule has 0 aliphatic rings. The maximum atomic E-state index is 4.35. The zero-order valence-corrected chi connectivity index (χ0v) is 12.4. The van der Waals surface area contributed by atoms with E-state index in [9.17, 15) is 0 Å². The predicted octanol–water partition coefficient (Wildman–Crippen LogP) is 2.61. The van der Waals surface area contributed by atoms with E-state index in [4.69, 9.17) is 0 Å². The van der Waals surface area contributed by atoms with E-state index in [1.54, 1.807) is 0 Å². The third kappa shape index (κ3) is 3.76. The van der Waals surface area contributed by atoms with Crippen LogP contribution < -0.4 is 0 Å². The zero-order chi connectivity index (χ0) is 13.7. The van der Waals surface area contributed by atoms with Gasteiger partial charge in [-0.05, 0) is 18.4 Å². The Morgan fingerprint density at radius 1 is 1.26 bits per heavy atom. The Labute approximate surface area is 117 Å². The number of hydrogen-bond acceptors (Lipinski definition) is 5. The average molecular weight is 277 g/mol. The van der Waals surface area contributed by atoms with Crippen LogP contribution in [0.1, 0.15) is 32.0 Å². The van der Waals surface area contributed by atoms with Crippen LogP contribution in [0.5, 0.6) is 0 Å². The average Bonchev–Trinajstić information content (AvgIpc) is 2.88. The number of thioether (sulfide) groups is 1. The Hall–Kier alpha value is -1.43. The number of nitrogens with zero attached hydrogens (tertiary/aromatic N) is 5. The molecule has 0 unspecified atom stereocenters. The van der Waals surface area contributed by atoms with Crippen molar-refractivity contribution in [3.05, 3.63) is 24.4 Å². The summed E-state index contributed by atoms with van der Waals surface area (Å²) in [6, 6.07) is 0. The molecule has 0 amide bonds. The summed E-state index contributed by atoms with van der Waals surface area (Å²) in [5.74, 6) is 2.34. The molecule has 102 valence electrons. The van der Waals surface area contributed by atoms with Crippen LogP contribution >= 0.6 is 11.8 Å². The van der Waals surface area contributed by atoms with Crippen molar-refractivity contribution in [1.82, 2.24) is 25.0 Å². The fourth-order valence-corrected chi connectivity index (χ4v) is 2.10. The lowest BCUT2D eigenvalue weighted by Crippen LogP contribution is -1.99. The molecule has 2 aromatic rings. The minimum Gasteiger partial charge on any atom is -0.252 e. The summed E-state index contributed by atoms with van der Waals surface area (Å²) >= 11 is 1.85. The fraction of sp³-hybridized carbons (Fsp3) is 0.538. The molecule has 0 spiro atoms. The van der Waals surface area contributed by atoms with E-state index < -0.39 is 0 Å². The third-order valence-corrected chi connectivity index (χ3v) is 3.46. The quantitative estimate of drug-likeness (QED) is 0.760. The van der Waals surface area contributed by atoms with Gasteiger partial charge in [0.15, 0.2) is 0 Å². The van der Waals surface area contributed by atoms with Crippen molar-refractivity contribution in [2.24, 2.45) is 0 Å². The fourth-order valence-electron chi connectivity index (χ4n) is 1.68. The standard InChI is InChI=1S/C13H19N5S/c1-10(2)13-14-7-11(8-15-13)12-9-18(17-16-12)5-4-6-19-3/h7-10H,4-6H2,1-3H3. The van der Waals surface area contributed by atoms with Crippen molar-refractivity contribution in [3.8, 4) is 11.3 Å². The smallest absolute Gasteiger partial charge is 0.130 e. The van der Waals surface area contributed by atoms with E-state index in [0.717, 1.165) is 35.8 Å². The molecule has 2 aromatic heterocycles. The first-order valence-electron chi connectivity index (χ1n) is 6.42. The third-order valence-electron chi connectivity index (χ3n) is 2.76. The Morgan fingerprint density at radius 3 is 2.63 bits per heavy atom. The number of aryl methyl sites for hydroxylation is 1. The molecule has 0 aromatic carbocycles. The van der Waals surface area contributed by atoms with Gasteiger partial charge in [-0.15, -0.1) is 5.10 Å². The van der Waals surface area contributed by atoms with Crippen molar-refractivity contribution < 1.29 is 0 Å². The van der Waals surface area contributed by atoms with Crippen LogP contribution in [0, 0.1) is 0 Å². The first kappa shape index (κ1) is 14.0. The molecule has 19 heavy (non-hydrogen) atoms. The largest absolute Gasteiger partial charge is 0.252 e. The lowest BCUT2D eigenvalue weighted by atomic mass is 10.2. The molecule has 5 nitrogen and oxygen atoms in total. The van der Waals surface area contributed by atoms with Crippen molar-refractivity contribution in [2.45, 2.75) is 32.7 Å². The molecule has 2 heterocycles. The SMILES string of the molecule is CSCCCn1cc(-c2cnc(C(C)C)nc2)nn1. The van der Waals surface area contributed by atoms with E-state index in [2.05, 4.69) is 40.4 Å². The van der Waals surface area contributed by atoms with Gasteiger partial charge in [0.2, 0.25) is 0 Å². The van der Waals surface area contributed by atoms with Crippen LogP contribution in [-0.4, -0.2) is 37.0 Å². The summed E-state index contributed by atoms with van der Waals surface area (Å²) < 4.78 is 1.88. The van der Waals surface area contributed by atoms with Gasteiger partial charge in [-0.25, -0.2) is 9.97 Å². The molecule has 0 radical (unpaired) electrons. The maximum absolute atomic E-state index is 4.35. The highest BCUT2D eigenvalue weighted by molar-refractivity contribution is 7.98. The highest BCUT2D eigenvalue weighted by Gasteiger charge is 2.07.